The second kappa shape index (κ2) is 7.50. The smallest absolute Gasteiger partial charge is 0.251 e. The zero-order valence-corrected chi connectivity index (χ0v) is 11.7. The molecule has 0 aliphatic heterocycles. The Kier molecular flexibility index (Phi) is 5.38. The van der Waals surface area contributed by atoms with E-state index in [0.29, 0.717) is 12.1 Å². The lowest BCUT2D eigenvalue weighted by atomic mass is 10.2. The first-order valence-corrected chi connectivity index (χ1v) is 6.82. The Bertz CT molecular complexity index is 518. The third-order valence-corrected chi connectivity index (χ3v) is 3.09. The van der Waals surface area contributed by atoms with E-state index in [1.165, 1.54) is 0 Å². The molecule has 0 bridgehead atoms. The Morgan fingerprint density at radius 1 is 1.15 bits per heavy atom. The van der Waals surface area contributed by atoms with E-state index in [1.54, 1.807) is 7.11 Å². The summed E-state index contributed by atoms with van der Waals surface area (Å²) < 4.78 is 6.97. The first-order chi connectivity index (χ1) is 9.81. The quantitative estimate of drug-likeness (QED) is 0.787. The number of benzene rings is 1. The minimum absolute atomic E-state index is 0.0264. The third kappa shape index (κ3) is 3.96. The Hall–Kier alpha value is -2.07. The molecule has 0 fully saturated rings. The van der Waals surface area contributed by atoms with E-state index in [0.717, 1.165) is 25.1 Å². The zero-order chi connectivity index (χ0) is 14.2. The van der Waals surface area contributed by atoms with E-state index in [1.807, 2.05) is 53.4 Å². The van der Waals surface area contributed by atoms with Gasteiger partial charge in [0, 0.05) is 43.9 Å². The van der Waals surface area contributed by atoms with Crippen LogP contribution in [0.4, 0.5) is 0 Å². The van der Waals surface area contributed by atoms with E-state index < -0.39 is 0 Å². The second-order valence-electron chi connectivity index (χ2n) is 4.59. The maximum atomic E-state index is 11.9. The van der Waals surface area contributed by atoms with Crippen LogP contribution in [0, 0.1) is 0 Å². The van der Waals surface area contributed by atoms with Gasteiger partial charge in [-0.15, -0.1) is 0 Å². The highest BCUT2D eigenvalue weighted by Gasteiger charge is 2.04. The van der Waals surface area contributed by atoms with Gasteiger partial charge in [-0.05, 0) is 49.2 Å². The number of carbonyl (C=O) groups is 1. The van der Waals surface area contributed by atoms with Gasteiger partial charge in [-0.25, -0.2) is 0 Å². The fraction of sp³-hybridized carbons (Fsp3) is 0.312. The van der Waals surface area contributed by atoms with Crippen molar-refractivity contribution in [2.24, 2.45) is 0 Å². The van der Waals surface area contributed by atoms with Crippen LogP contribution in [0.5, 0.6) is 0 Å². The number of hydrogen-bond acceptors (Lipinski definition) is 2. The minimum Gasteiger partial charge on any atom is -0.385 e. The maximum Gasteiger partial charge on any atom is 0.251 e. The lowest BCUT2D eigenvalue weighted by Gasteiger charge is -2.07. The number of rotatable bonds is 7. The summed E-state index contributed by atoms with van der Waals surface area (Å²) in [5.74, 6) is -0.0264. The van der Waals surface area contributed by atoms with Gasteiger partial charge in [-0.1, -0.05) is 0 Å². The first kappa shape index (κ1) is 14.3. The molecular weight excluding hydrogens is 252 g/mol. The molecule has 4 heteroatoms. The van der Waals surface area contributed by atoms with E-state index in [2.05, 4.69) is 5.32 Å². The molecule has 2 rings (SSSR count). The molecule has 1 N–H and O–H groups in total. The average molecular weight is 272 g/mol. The molecule has 0 aliphatic rings. The SMILES string of the molecule is COCCCCNC(=O)c1ccc(-n2cccc2)cc1. The standard InChI is InChI=1S/C16H20N2O2/c1-20-13-5-2-10-17-16(19)14-6-8-15(9-7-14)18-11-3-4-12-18/h3-4,6-9,11-12H,2,5,10,13H2,1H3,(H,17,19). The van der Waals surface area contributed by atoms with Gasteiger partial charge < -0.3 is 14.6 Å². The highest BCUT2D eigenvalue weighted by molar-refractivity contribution is 5.94. The van der Waals surface area contributed by atoms with Gasteiger partial charge >= 0.3 is 0 Å². The fourth-order valence-corrected chi connectivity index (χ4v) is 1.97. The Morgan fingerprint density at radius 3 is 2.50 bits per heavy atom. The molecular formula is C16H20N2O2. The van der Waals surface area contributed by atoms with Crippen LogP contribution in [0.15, 0.2) is 48.8 Å². The number of carbonyl (C=O) groups excluding carboxylic acids is 1. The Labute approximate surface area is 119 Å². The van der Waals surface area contributed by atoms with Crippen LogP contribution in [-0.2, 0) is 4.74 Å². The van der Waals surface area contributed by atoms with E-state index in [4.69, 9.17) is 4.74 Å². The molecule has 0 unspecified atom stereocenters. The third-order valence-electron chi connectivity index (χ3n) is 3.09. The number of nitrogens with zero attached hydrogens (tertiary/aromatic N) is 1. The molecule has 0 saturated carbocycles. The van der Waals surface area contributed by atoms with Gasteiger partial charge in [0.2, 0.25) is 0 Å². The van der Waals surface area contributed by atoms with E-state index in [-0.39, 0.29) is 5.91 Å². The largest absolute Gasteiger partial charge is 0.385 e. The van der Waals surface area contributed by atoms with Crippen molar-refractivity contribution in [2.75, 3.05) is 20.3 Å². The molecule has 1 aromatic heterocycles. The van der Waals surface area contributed by atoms with Crippen molar-refractivity contribution in [3.8, 4) is 5.69 Å². The maximum absolute atomic E-state index is 11.9. The number of hydrogen-bond donors (Lipinski definition) is 1. The summed E-state index contributed by atoms with van der Waals surface area (Å²) in [5, 5.41) is 2.91. The molecule has 1 amide bonds. The molecule has 4 nitrogen and oxygen atoms in total. The monoisotopic (exact) mass is 272 g/mol. The molecule has 1 aromatic carbocycles. The number of ether oxygens (including phenoxy) is 1. The van der Waals surface area contributed by atoms with Crippen molar-refractivity contribution in [1.82, 2.24) is 9.88 Å². The molecule has 0 atom stereocenters. The van der Waals surface area contributed by atoms with Crippen LogP contribution in [0.1, 0.15) is 23.2 Å². The number of methoxy groups -OCH3 is 1. The molecule has 1 heterocycles. The highest BCUT2D eigenvalue weighted by Crippen LogP contribution is 2.10. The number of aromatic nitrogens is 1. The van der Waals surface area contributed by atoms with Crippen molar-refractivity contribution in [3.63, 3.8) is 0 Å². The molecule has 20 heavy (non-hydrogen) atoms. The molecule has 106 valence electrons. The van der Waals surface area contributed by atoms with Crippen molar-refractivity contribution in [2.45, 2.75) is 12.8 Å². The van der Waals surface area contributed by atoms with Crippen LogP contribution in [0.2, 0.25) is 0 Å². The summed E-state index contributed by atoms with van der Waals surface area (Å²) in [6.45, 7) is 1.42. The van der Waals surface area contributed by atoms with Gasteiger partial charge in [0.05, 0.1) is 0 Å². The summed E-state index contributed by atoms with van der Waals surface area (Å²) in [6, 6.07) is 11.5. The van der Waals surface area contributed by atoms with Crippen molar-refractivity contribution in [3.05, 3.63) is 54.4 Å². The average Bonchev–Trinajstić information content (AvgIpc) is 3.01. The lowest BCUT2D eigenvalue weighted by molar-refractivity contribution is 0.0951. The summed E-state index contributed by atoms with van der Waals surface area (Å²) in [4.78, 5) is 11.9. The zero-order valence-electron chi connectivity index (χ0n) is 11.7. The normalized spacial score (nSPS) is 10.4. The van der Waals surface area contributed by atoms with Gasteiger partial charge in [-0.3, -0.25) is 4.79 Å². The molecule has 0 radical (unpaired) electrons. The summed E-state index contributed by atoms with van der Waals surface area (Å²) >= 11 is 0. The van der Waals surface area contributed by atoms with Crippen molar-refractivity contribution >= 4 is 5.91 Å². The number of unbranched alkanes of at least 4 members (excludes halogenated alkanes) is 1. The predicted molar refractivity (Wildman–Crippen MR) is 79.2 cm³/mol. The molecule has 0 saturated heterocycles. The minimum atomic E-state index is -0.0264. The fourth-order valence-electron chi connectivity index (χ4n) is 1.97. The van der Waals surface area contributed by atoms with Crippen molar-refractivity contribution in [1.29, 1.82) is 0 Å². The van der Waals surface area contributed by atoms with E-state index >= 15 is 0 Å². The highest BCUT2D eigenvalue weighted by atomic mass is 16.5. The van der Waals surface area contributed by atoms with Gasteiger partial charge in [0.1, 0.15) is 0 Å². The van der Waals surface area contributed by atoms with Crippen LogP contribution < -0.4 is 5.32 Å². The van der Waals surface area contributed by atoms with Crippen LogP contribution in [0.3, 0.4) is 0 Å². The number of amides is 1. The van der Waals surface area contributed by atoms with Gasteiger partial charge in [-0.2, -0.15) is 0 Å². The van der Waals surface area contributed by atoms with Crippen molar-refractivity contribution < 1.29 is 9.53 Å². The van der Waals surface area contributed by atoms with Gasteiger partial charge in [0.15, 0.2) is 0 Å². The predicted octanol–water partition coefficient (Wildman–Crippen LogP) is 2.63. The summed E-state index contributed by atoms with van der Waals surface area (Å²) in [5.41, 5.74) is 1.74. The van der Waals surface area contributed by atoms with Crippen LogP contribution in [0.25, 0.3) is 5.69 Å². The topological polar surface area (TPSA) is 43.3 Å². The van der Waals surface area contributed by atoms with Crippen LogP contribution in [-0.4, -0.2) is 30.7 Å². The molecule has 0 spiro atoms. The summed E-state index contributed by atoms with van der Waals surface area (Å²) in [7, 11) is 1.69. The molecule has 0 aliphatic carbocycles. The number of nitrogens with one attached hydrogen (secondary N) is 1. The molecule has 2 aromatic rings. The summed E-state index contributed by atoms with van der Waals surface area (Å²) in [6.07, 6.45) is 5.85. The van der Waals surface area contributed by atoms with Crippen LogP contribution >= 0.6 is 0 Å². The Balaban J connectivity index is 1.85. The lowest BCUT2D eigenvalue weighted by Crippen LogP contribution is -2.24. The first-order valence-electron chi connectivity index (χ1n) is 6.82. The Morgan fingerprint density at radius 2 is 1.85 bits per heavy atom. The van der Waals surface area contributed by atoms with E-state index in [9.17, 15) is 4.79 Å². The van der Waals surface area contributed by atoms with Gasteiger partial charge in [0.25, 0.3) is 5.91 Å². The second-order valence-corrected chi connectivity index (χ2v) is 4.59.